The highest BCUT2D eigenvalue weighted by molar-refractivity contribution is 9.09. The topological polar surface area (TPSA) is 26.3 Å². The van der Waals surface area contributed by atoms with Gasteiger partial charge >= 0.3 is 6.18 Å². The van der Waals surface area contributed by atoms with Gasteiger partial charge in [-0.15, -0.1) is 0 Å². The van der Waals surface area contributed by atoms with Crippen LogP contribution in [-0.2, 0) is 6.18 Å². The van der Waals surface area contributed by atoms with E-state index in [2.05, 4.69) is 15.9 Å². The van der Waals surface area contributed by atoms with Gasteiger partial charge in [-0.25, -0.2) is 0 Å². The number of carbonyl (C=O) groups excluding carboxylic acids is 1. The van der Waals surface area contributed by atoms with Crippen molar-refractivity contribution >= 4 is 21.7 Å². The van der Waals surface area contributed by atoms with E-state index in [4.69, 9.17) is 4.74 Å². The van der Waals surface area contributed by atoms with E-state index in [1.54, 1.807) is 0 Å². The molecule has 0 aliphatic carbocycles. The van der Waals surface area contributed by atoms with Crippen LogP contribution in [0.4, 0.5) is 13.2 Å². The van der Waals surface area contributed by atoms with E-state index in [9.17, 15) is 18.0 Å². The normalized spacial score (nSPS) is 11.4. The van der Waals surface area contributed by atoms with E-state index in [1.165, 1.54) is 13.2 Å². The van der Waals surface area contributed by atoms with Crippen LogP contribution in [-0.4, -0.2) is 18.2 Å². The third-order valence-electron chi connectivity index (χ3n) is 2.36. The van der Waals surface area contributed by atoms with Crippen LogP contribution >= 0.6 is 15.9 Å². The minimum atomic E-state index is -4.46. The van der Waals surface area contributed by atoms with Gasteiger partial charge in [0.1, 0.15) is 5.75 Å². The number of hydrogen-bond acceptors (Lipinski definition) is 2. The molecule has 0 bridgehead atoms. The monoisotopic (exact) mass is 324 g/mol. The fourth-order valence-electron chi connectivity index (χ4n) is 1.46. The fraction of sp³-hybridized carbons (Fsp3) is 0.417. The Labute approximate surface area is 111 Å². The Morgan fingerprint density at radius 3 is 2.56 bits per heavy atom. The second kappa shape index (κ2) is 6.22. The molecule has 1 aromatic rings. The summed E-state index contributed by atoms with van der Waals surface area (Å²) in [6.45, 7) is 0. The summed E-state index contributed by atoms with van der Waals surface area (Å²) in [4.78, 5) is 11.8. The lowest BCUT2D eigenvalue weighted by Gasteiger charge is -2.11. The summed E-state index contributed by atoms with van der Waals surface area (Å²) in [7, 11) is 1.32. The van der Waals surface area contributed by atoms with Crippen molar-refractivity contribution in [2.45, 2.75) is 19.0 Å². The maximum atomic E-state index is 12.6. The molecule has 100 valence electrons. The summed E-state index contributed by atoms with van der Waals surface area (Å²) < 4.78 is 42.6. The zero-order chi connectivity index (χ0) is 13.8. The van der Waals surface area contributed by atoms with Gasteiger partial charge in [-0.1, -0.05) is 15.9 Å². The lowest BCUT2D eigenvalue weighted by atomic mass is 10.0. The third-order valence-corrected chi connectivity index (χ3v) is 2.93. The number of methoxy groups -OCH3 is 1. The van der Waals surface area contributed by atoms with Gasteiger partial charge in [0.15, 0.2) is 5.78 Å². The van der Waals surface area contributed by atoms with E-state index in [0.717, 1.165) is 12.1 Å². The van der Waals surface area contributed by atoms with Gasteiger partial charge in [-0.2, -0.15) is 13.2 Å². The second-order valence-corrected chi connectivity index (χ2v) is 4.42. The SMILES string of the molecule is COc1ccc(C(F)(F)F)cc1C(=O)CCCBr. The van der Waals surface area contributed by atoms with Crippen LogP contribution in [0.5, 0.6) is 5.75 Å². The Balaban J connectivity index is 3.10. The molecule has 0 fully saturated rings. The van der Waals surface area contributed by atoms with Crippen molar-refractivity contribution in [2.75, 3.05) is 12.4 Å². The maximum absolute atomic E-state index is 12.6. The minimum Gasteiger partial charge on any atom is -0.496 e. The number of alkyl halides is 4. The molecule has 18 heavy (non-hydrogen) atoms. The smallest absolute Gasteiger partial charge is 0.416 e. The first kappa shape index (κ1) is 15.0. The molecule has 0 unspecified atom stereocenters. The molecular formula is C12H12BrF3O2. The van der Waals surface area contributed by atoms with Gasteiger partial charge in [0.05, 0.1) is 18.2 Å². The van der Waals surface area contributed by atoms with Crippen LogP contribution in [0, 0.1) is 0 Å². The third kappa shape index (κ3) is 3.73. The van der Waals surface area contributed by atoms with E-state index in [1.807, 2.05) is 0 Å². The number of rotatable bonds is 5. The standard InChI is InChI=1S/C12H12BrF3O2/c1-18-11-5-4-8(12(14,15)16)7-9(11)10(17)3-2-6-13/h4-5,7H,2-3,6H2,1H3. The second-order valence-electron chi connectivity index (χ2n) is 3.63. The highest BCUT2D eigenvalue weighted by atomic mass is 79.9. The number of hydrogen-bond donors (Lipinski definition) is 0. The average molecular weight is 325 g/mol. The molecule has 1 rings (SSSR count). The summed E-state index contributed by atoms with van der Waals surface area (Å²) >= 11 is 3.17. The Bertz CT molecular complexity index is 430. The Morgan fingerprint density at radius 2 is 2.06 bits per heavy atom. The van der Waals surface area contributed by atoms with Crippen molar-refractivity contribution in [1.82, 2.24) is 0 Å². The van der Waals surface area contributed by atoms with Crippen LogP contribution in [0.1, 0.15) is 28.8 Å². The maximum Gasteiger partial charge on any atom is 0.416 e. The zero-order valence-corrected chi connectivity index (χ0v) is 11.3. The van der Waals surface area contributed by atoms with E-state index in [-0.39, 0.29) is 23.5 Å². The summed E-state index contributed by atoms with van der Waals surface area (Å²) in [6.07, 6.45) is -3.71. The van der Waals surface area contributed by atoms with Gasteiger partial charge in [-0.3, -0.25) is 4.79 Å². The molecule has 0 heterocycles. The molecule has 0 amide bonds. The Kier molecular flexibility index (Phi) is 5.19. The van der Waals surface area contributed by atoms with Crippen molar-refractivity contribution in [2.24, 2.45) is 0 Å². The molecule has 0 aliphatic rings. The molecule has 0 atom stereocenters. The van der Waals surface area contributed by atoms with Crippen LogP contribution in [0.2, 0.25) is 0 Å². The number of halogens is 4. The zero-order valence-electron chi connectivity index (χ0n) is 9.68. The van der Waals surface area contributed by atoms with Crippen molar-refractivity contribution in [3.8, 4) is 5.75 Å². The van der Waals surface area contributed by atoms with Crippen molar-refractivity contribution in [3.63, 3.8) is 0 Å². The van der Waals surface area contributed by atoms with Crippen LogP contribution in [0.3, 0.4) is 0 Å². The van der Waals surface area contributed by atoms with Gasteiger partial charge in [0.25, 0.3) is 0 Å². The van der Waals surface area contributed by atoms with Crippen molar-refractivity contribution in [3.05, 3.63) is 29.3 Å². The minimum absolute atomic E-state index is 0.0201. The number of ether oxygens (including phenoxy) is 1. The molecule has 0 N–H and O–H groups in total. The van der Waals surface area contributed by atoms with Crippen molar-refractivity contribution < 1.29 is 22.7 Å². The van der Waals surface area contributed by atoms with E-state index < -0.39 is 11.7 Å². The highest BCUT2D eigenvalue weighted by Crippen LogP contribution is 2.33. The summed E-state index contributed by atoms with van der Waals surface area (Å²) in [5.41, 5.74) is -0.862. The van der Waals surface area contributed by atoms with E-state index >= 15 is 0 Å². The van der Waals surface area contributed by atoms with Crippen LogP contribution < -0.4 is 4.74 Å². The molecule has 0 saturated carbocycles. The van der Waals surface area contributed by atoms with E-state index in [0.29, 0.717) is 11.8 Å². The molecule has 1 aromatic carbocycles. The Morgan fingerprint density at radius 1 is 1.39 bits per heavy atom. The molecule has 0 aromatic heterocycles. The number of Topliss-reactive ketones (excluding diaryl/α,β-unsaturated/α-hetero) is 1. The molecule has 2 nitrogen and oxygen atoms in total. The van der Waals surface area contributed by atoms with Gasteiger partial charge in [0.2, 0.25) is 0 Å². The first-order chi connectivity index (χ1) is 8.40. The highest BCUT2D eigenvalue weighted by Gasteiger charge is 2.31. The number of carbonyl (C=O) groups is 1. The van der Waals surface area contributed by atoms with Crippen LogP contribution in [0.25, 0.3) is 0 Å². The Hall–Kier alpha value is -1.04. The summed E-state index contributed by atoms with van der Waals surface area (Å²) in [5.74, 6) is -0.181. The molecule has 0 saturated heterocycles. The van der Waals surface area contributed by atoms with Crippen LogP contribution in [0.15, 0.2) is 18.2 Å². The van der Waals surface area contributed by atoms with Gasteiger partial charge in [-0.05, 0) is 24.6 Å². The summed E-state index contributed by atoms with van der Waals surface area (Å²) in [6, 6.07) is 2.92. The number of ketones is 1. The predicted octanol–water partition coefficient (Wildman–Crippen LogP) is 4.07. The van der Waals surface area contributed by atoms with Crippen molar-refractivity contribution in [1.29, 1.82) is 0 Å². The predicted molar refractivity (Wildman–Crippen MR) is 65.4 cm³/mol. The summed E-state index contributed by atoms with van der Waals surface area (Å²) in [5, 5.41) is 0.625. The molecule has 0 radical (unpaired) electrons. The quantitative estimate of drug-likeness (QED) is 0.602. The average Bonchev–Trinajstić information content (AvgIpc) is 2.34. The molecule has 6 heteroatoms. The lowest BCUT2D eigenvalue weighted by Crippen LogP contribution is -2.09. The lowest BCUT2D eigenvalue weighted by molar-refractivity contribution is -0.137. The van der Waals surface area contributed by atoms with Gasteiger partial charge in [0, 0.05) is 11.8 Å². The van der Waals surface area contributed by atoms with Gasteiger partial charge < -0.3 is 4.74 Å². The molecule has 0 aliphatic heterocycles. The molecular weight excluding hydrogens is 313 g/mol. The number of benzene rings is 1. The fourth-order valence-corrected chi connectivity index (χ4v) is 1.74. The first-order valence-electron chi connectivity index (χ1n) is 5.24. The first-order valence-corrected chi connectivity index (χ1v) is 6.36. The molecule has 0 spiro atoms. The largest absolute Gasteiger partial charge is 0.496 e.